The number of nitrogens with zero attached hydrogens (tertiary/aromatic N) is 1. The molecule has 0 aliphatic rings. The van der Waals surface area contributed by atoms with E-state index < -0.39 is 0 Å². The third-order valence-corrected chi connectivity index (χ3v) is 2.18. The molecule has 0 aliphatic carbocycles. The minimum Gasteiger partial charge on any atom is -0.379 e. The zero-order valence-electron chi connectivity index (χ0n) is 8.58. The molecule has 15 heavy (non-hydrogen) atoms. The van der Waals surface area contributed by atoms with Gasteiger partial charge in [0.1, 0.15) is 10.4 Å². The number of pyridine rings is 1. The average molecular weight is 271 g/mol. The molecule has 0 spiro atoms. The highest BCUT2D eigenvalue weighted by Gasteiger charge is 1.93. The van der Waals surface area contributed by atoms with Gasteiger partial charge < -0.3 is 10.1 Å². The van der Waals surface area contributed by atoms with Crippen LogP contribution in [-0.4, -0.2) is 24.7 Å². The minimum absolute atomic E-state index is 0.683. The highest BCUT2D eigenvalue weighted by molar-refractivity contribution is 9.10. The van der Waals surface area contributed by atoms with Crippen molar-refractivity contribution >= 4 is 21.7 Å². The highest BCUT2D eigenvalue weighted by Crippen LogP contribution is 2.09. The molecule has 0 unspecified atom stereocenters. The third kappa shape index (κ3) is 5.54. The van der Waals surface area contributed by atoms with E-state index in [0.29, 0.717) is 6.61 Å². The predicted molar refractivity (Wildman–Crippen MR) is 66.1 cm³/mol. The summed E-state index contributed by atoms with van der Waals surface area (Å²) in [5.41, 5.74) is 0. The fourth-order valence-electron chi connectivity index (χ4n) is 1.03. The van der Waals surface area contributed by atoms with Crippen LogP contribution in [0.4, 0.5) is 5.82 Å². The van der Waals surface area contributed by atoms with Crippen LogP contribution in [0.1, 0.15) is 6.42 Å². The molecule has 0 amide bonds. The lowest BCUT2D eigenvalue weighted by molar-refractivity contribution is 0.149. The summed E-state index contributed by atoms with van der Waals surface area (Å²) in [6.45, 7) is 5.81. The number of ether oxygens (including phenoxy) is 1. The van der Waals surface area contributed by atoms with E-state index in [2.05, 4.69) is 32.8 Å². The van der Waals surface area contributed by atoms with E-state index in [1.54, 1.807) is 0 Å². The molecule has 0 saturated carbocycles. The van der Waals surface area contributed by atoms with Crippen LogP contribution in [0, 0.1) is 0 Å². The largest absolute Gasteiger partial charge is 0.379 e. The van der Waals surface area contributed by atoms with E-state index >= 15 is 0 Å². The molecule has 1 N–H and O–H groups in total. The van der Waals surface area contributed by atoms with Gasteiger partial charge in [-0.2, -0.15) is 0 Å². The molecular formula is C11H15BrN2O. The molecule has 1 aromatic rings. The molecule has 0 saturated heterocycles. The SMILES string of the molecule is C=CCCOCCNc1cccc(Br)n1. The molecule has 82 valence electrons. The predicted octanol–water partition coefficient (Wildman–Crippen LogP) is 2.85. The molecule has 3 nitrogen and oxygen atoms in total. The van der Waals surface area contributed by atoms with Gasteiger partial charge in [0.2, 0.25) is 0 Å². The van der Waals surface area contributed by atoms with Gasteiger partial charge in [-0.1, -0.05) is 12.1 Å². The zero-order chi connectivity index (χ0) is 10.9. The number of hydrogen-bond donors (Lipinski definition) is 1. The Morgan fingerprint density at radius 3 is 3.07 bits per heavy atom. The molecule has 1 rings (SSSR count). The van der Waals surface area contributed by atoms with Crippen molar-refractivity contribution in [1.82, 2.24) is 4.98 Å². The Hall–Kier alpha value is -0.870. The molecule has 0 aliphatic heterocycles. The summed E-state index contributed by atoms with van der Waals surface area (Å²) in [5.74, 6) is 0.858. The highest BCUT2D eigenvalue weighted by atomic mass is 79.9. The van der Waals surface area contributed by atoms with Gasteiger partial charge in [0.05, 0.1) is 13.2 Å². The summed E-state index contributed by atoms with van der Waals surface area (Å²) in [6.07, 6.45) is 2.75. The molecule has 4 heteroatoms. The van der Waals surface area contributed by atoms with Crippen molar-refractivity contribution in [2.45, 2.75) is 6.42 Å². The number of halogens is 1. The minimum atomic E-state index is 0.683. The van der Waals surface area contributed by atoms with E-state index in [1.165, 1.54) is 0 Å². The lowest BCUT2D eigenvalue weighted by Gasteiger charge is -2.05. The van der Waals surface area contributed by atoms with E-state index in [4.69, 9.17) is 4.74 Å². The molecule has 0 bridgehead atoms. The Morgan fingerprint density at radius 1 is 1.47 bits per heavy atom. The van der Waals surface area contributed by atoms with Crippen molar-refractivity contribution in [2.75, 3.05) is 25.1 Å². The quantitative estimate of drug-likeness (QED) is 0.470. The lowest BCUT2D eigenvalue weighted by atomic mass is 10.4. The van der Waals surface area contributed by atoms with Crippen LogP contribution in [0.5, 0.6) is 0 Å². The average Bonchev–Trinajstić information content (AvgIpc) is 2.23. The first kappa shape index (κ1) is 12.2. The van der Waals surface area contributed by atoms with Crippen molar-refractivity contribution in [1.29, 1.82) is 0 Å². The van der Waals surface area contributed by atoms with Gasteiger partial charge in [-0.15, -0.1) is 6.58 Å². The fraction of sp³-hybridized carbons (Fsp3) is 0.364. The summed E-state index contributed by atoms with van der Waals surface area (Å²) < 4.78 is 6.19. The second kappa shape index (κ2) is 7.43. The van der Waals surface area contributed by atoms with Gasteiger partial charge >= 0.3 is 0 Å². The summed E-state index contributed by atoms with van der Waals surface area (Å²) in [4.78, 5) is 4.24. The normalized spacial score (nSPS) is 9.93. The molecule has 0 radical (unpaired) electrons. The number of rotatable bonds is 7. The van der Waals surface area contributed by atoms with E-state index in [0.717, 1.165) is 30.0 Å². The van der Waals surface area contributed by atoms with Gasteiger partial charge in [0.15, 0.2) is 0 Å². The molecule has 0 atom stereocenters. The van der Waals surface area contributed by atoms with Crippen LogP contribution < -0.4 is 5.32 Å². The summed E-state index contributed by atoms with van der Waals surface area (Å²) in [5, 5.41) is 3.17. The maximum absolute atomic E-state index is 5.35. The fourth-order valence-corrected chi connectivity index (χ4v) is 1.37. The standard InChI is InChI=1S/C11H15BrN2O/c1-2-3-8-15-9-7-13-11-6-4-5-10(12)14-11/h2,4-6H,1,3,7-9H2,(H,13,14). The van der Waals surface area contributed by atoms with E-state index in [1.807, 2.05) is 24.3 Å². The molecule has 1 heterocycles. The molecular weight excluding hydrogens is 256 g/mol. The van der Waals surface area contributed by atoms with Gasteiger partial charge in [-0.3, -0.25) is 0 Å². The summed E-state index contributed by atoms with van der Waals surface area (Å²) >= 11 is 3.31. The second-order valence-corrected chi connectivity index (χ2v) is 3.77. The van der Waals surface area contributed by atoms with Crippen molar-refractivity contribution in [3.8, 4) is 0 Å². The van der Waals surface area contributed by atoms with Crippen molar-refractivity contribution in [3.05, 3.63) is 35.5 Å². The molecule has 1 aromatic heterocycles. The Morgan fingerprint density at radius 2 is 2.33 bits per heavy atom. The monoisotopic (exact) mass is 270 g/mol. The van der Waals surface area contributed by atoms with Crippen LogP contribution in [0.25, 0.3) is 0 Å². The topological polar surface area (TPSA) is 34.1 Å². The van der Waals surface area contributed by atoms with Crippen LogP contribution in [0.2, 0.25) is 0 Å². The van der Waals surface area contributed by atoms with Crippen LogP contribution in [-0.2, 0) is 4.74 Å². The van der Waals surface area contributed by atoms with Gasteiger partial charge in [-0.25, -0.2) is 4.98 Å². The Kier molecular flexibility index (Phi) is 6.04. The number of hydrogen-bond acceptors (Lipinski definition) is 3. The number of nitrogens with one attached hydrogen (secondary N) is 1. The summed E-state index contributed by atoms with van der Waals surface area (Å²) in [7, 11) is 0. The van der Waals surface area contributed by atoms with Crippen molar-refractivity contribution < 1.29 is 4.74 Å². The molecule has 0 aromatic carbocycles. The van der Waals surface area contributed by atoms with Crippen LogP contribution in [0.3, 0.4) is 0 Å². The maximum Gasteiger partial charge on any atom is 0.127 e. The van der Waals surface area contributed by atoms with Gasteiger partial charge in [0.25, 0.3) is 0 Å². The van der Waals surface area contributed by atoms with Crippen molar-refractivity contribution in [2.24, 2.45) is 0 Å². The Balaban J connectivity index is 2.12. The van der Waals surface area contributed by atoms with Crippen LogP contribution in [0.15, 0.2) is 35.5 Å². The maximum atomic E-state index is 5.35. The van der Waals surface area contributed by atoms with E-state index in [9.17, 15) is 0 Å². The van der Waals surface area contributed by atoms with Crippen molar-refractivity contribution in [3.63, 3.8) is 0 Å². The Bertz CT molecular complexity index is 304. The number of aromatic nitrogens is 1. The van der Waals surface area contributed by atoms with E-state index in [-0.39, 0.29) is 0 Å². The molecule has 0 fully saturated rings. The first-order valence-electron chi connectivity index (χ1n) is 4.88. The summed E-state index contributed by atoms with van der Waals surface area (Å²) in [6, 6.07) is 5.76. The third-order valence-electron chi connectivity index (χ3n) is 1.73. The lowest BCUT2D eigenvalue weighted by Crippen LogP contribution is -2.10. The van der Waals surface area contributed by atoms with Gasteiger partial charge in [-0.05, 0) is 34.5 Å². The first-order valence-corrected chi connectivity index (χ1v) is 5.67. The Labute approximate surface area is 98.7 Å². The van der Waals surface area contributed by atoms with Gasteiger partial charge in [0, 0.05) is 6.54 Å². The van der Waals surface area contributed by atoms with Crippen LogP contribution >= 0.6 is 15.9 Å². The zero-order valence-corrected chi connectivity index (χ0v) is 10.2. The second-order valence-electron chi connectivity index (χ2n) is 2.96. The smallest absolute Gasteiger partial charge is 0.127 e. The first-order chi connectivity index (χ1) is 7.33. The number of anilines is 1.